The summed E-state index contributed by atoms with van der Waals surface area (Å²) in [5.41, 5.74) is 3.29. The smallest absolute Gasteiger partial charge is 0.335 e. The van der Waals surface area contributed by atoms with Gasteiger partial charge in [0.05, 0.1) is 11.8 Å². The third kappa shape index (κ3) is 2.99. The molecular weight excluding hydrogens is 276 g/mol. The molecule has 0 amide bonds. The highest BCUT2D eigenvalue weighted by molar-refractivity contribution is 5.88. The topological polar surface area (TPSA) is 50.4 Å². The number of carboxylic acid groups (broad SMARTS) is 1. The maximum Gasteiger partial charge on any atom is 0.335 e. The number of hydrogen-bond acceptors (Lipinski definition) is 2. The normalized spacial score (nSPS) is 10.9. The maximum atomic E-state index is 10.8. The Labute approximate surface area is 128 Å². The molecule has 0 aliphatic carbocycles. The summed E-state index contributed by atoms with van der Waals surface area (Å²) in [6.45, 7) is 0. The number of carbonyl (C=O) groups is 1. The first-order valence-corrected chi connectivity index (χ1v) is 6.88. The summed E-state index contributed by atoms with van der Waals surface area (Å²) in [5.74, 6) is -0.0971. The van der Waals surface area contributed by atoms with Gasteiger partial charge in [0, 0.05) is 5.56 Å². The second-order valence-electron chi connectivity index (χ2n) is 4.83. The van der Waals surface area contributed by atoms with Crippen molar-refractivity contribution in [3.8, 4) is 11.3 Å². The number of hydrogen-bond donors (Lipinski definition) is 1. The van der Waals surface area contributed by atoms with Crippen molar-refractivity contribution in [3.05, 3.63) is 83.6 Å². The van der Waals surface area contributed by atoms with E-state index in [1.807, 2.05) is 48.6 Å². The predicted molar refractivity (Wildman–Crippen MR) is 86.5 cm³/mol. The summed E-state index contributed by atoms with van der Waals surface area (Å²) in [7, 11) is 0. The van der Waals surface area contributed by atoms with Gasteiger partial charge in [-0.1, -0.05) is 48.6 Å². The lowest BCUT2D eigenvalue weighted by Crippen LogP contribution is -1.94. The van der Waals surface area contributed by atoms with Crippen molar-refractivity contribution >= 4 is 18.1 Å². The van der Waals surface area contributed by atoms with E-state index in [-0.39, 0.29) is 5.56 Å². The summed E-state index contributed by atoms with van der Waals surface area (Å²) in [5, 5.41) is 8.90. The van der Waals surface area contributed by atoms with Crippen LogP contribution in [0.15, 0.2) is 71.3 Å². The quantitative estimate of drug-likeness (QED) is 0.701. The number of benzene rings is 2. The molecule has 3 rings (SSSR count). The Morgan fingerprint density at radius 3 is 2.36 bits per heavy atom. The first-order valence-electron chi connectivity index (χ1n) is 6.88. The van der Waals surface area contributed by atoms with Crippen molar-refractivity contribution in [3.63, 3.8) is 0 Å². The van der Waals surface area contributed by atoms with Gasteiger partial charge < -0.3 is 9.52 Å². The largest absolute Gasteiger partial charge is 0.478 e. The summed E-state index contributed by atoms with van der Waals surface area (Å²) in [6.07, 6.45) is 5.60. The highest BCUT2D eigenvalue weighted by Crippen LogP contribution is 2.25. The zero-order valence-corrected chi connectivity index (χ0v) is 11.8. The van der Waals surface area contributed by atoms with Gasteiger partial charge in [0.25, 0.3) is 0 Å². The highest BCUT2D eigenvalue weighted by Gasteiger charge is 2.04. The standard InChI is InChI=1S/C19H14O3/c20-19(21)16-11-8-14(9-12-16)7-10-15-4-1-2-5-17(15)18-6-3-13-22-18/h1-13H,(H,20,21)/b10-7+. The average Bonchev–Trinajstić information content (AvgIpc) is 3.08. The van der Waals surface area contributed by atoms with Gasteiger partial charge >= 0.3 is 5.97 Å². The Hall–Kier alpha value is -3.07. The highest BCUT2D eigenvalue weighted by atomic mass is 16.4. The third-order valence-corrected chi connectivity index (χ3v) is 3.36. The molecular formula is C19H14O3. The molecule has 1 aromatic heterocycles. The lowest BCUT2D eigenvalue weighted by atomic mass is 10.0. The summed E-state index contributed by atoms with van der Waals surface area (Å²) < 4.78 is 5.46. The van der Waals surface area contributed by atoms with E-state index in [1.165, 1.54) is 0 Å². The molecule has 2 aromatic carbocycles. The monoisotopic (exact) mass is 290 g/mol. The molecule has 0 spiro atoms. The van der Waals surface area contributed by atoms with E-state index in [0.29, 0.717) is 0 Å². The third-order valence-electron chi connectivity index (χ3n) is 3.36. The number of furan rings is 1. The van der Waals surface area contributed by atoms with Crippen LogP contribution in [0, 0.1) is 0 Å². The molecule has 3 aromatic rings. The minimum Gasteiger partial charge on any atom is -0.478 e. The number of rotatable bonds is 4. The summed E-state index contributed by atoms with van der Waals surface area (Å²) in [6, 6.07) is 18.5. The van der Waals surface area contributed by atoms with Crippen molar-refractivity contribution in [2.75, 3.05) is 0 Å². The summed E-state index contributed by atoms with van der Waals surface area (Å²) in [4.78, 5) is 10.8. The molecule has 0 aliphatic heterocycles. The molecule has 0 bridgehead atoms. The van der Waals surface area contributed by atoms with Crippen LogP contribution in [0.4, 0.5) is 0 Å². The van der Waals surface area contributed by atoms with Gasteiger partial charge in [0.1, 0.15) is 5.76 Å². The van der Waals surface area contributed by atoms with Crippen molar-refractivity contribution in [2.24, 2.45) is 0 Å². The maximum absolute atomic E-state index is 10.8. The molecule has 3 heteroatoms. The fourth-order valence-electron chi connectivity index (χ4n) is 2.22. The van der Waals surface area contributed by atoms with Gasteiger partial charge in [-0.05, 0) is 35.4 Å². The molecule has 0 saturated carbocycles. The van der Waals surface area contributed by atoms with Crippen molar-refractivity contribution in [2.45, 2.75) is 0 Å². The van der Waals surface area contributed by atoms with Gasteiger partial charge in [-0.25, -0.2) is 4.79 Å². The van der Waals surface area contributed by atoms with Crippen LogP contribution >= 0.6 is 0 Å². The Morgan fingerprint density at radius 2 is 1.68 bits per heavy atom. The molecule has 0 atom stereocenters. The molecule has 0 aliphatic rings. The van der Waals surface area contributed by atoms with Crippen LogP contribution < -0.4 is 0 Å². The van der Waals surface area contributed by atoms with E-state index in [2.05, 4.69) is 0 Å². The second-order valence-corrected chi connectivity index (χ2v) is 4.83. The van der Waals surface area contributed by atoms with Crippen LogP contribution in [-0.4, -0.2) is 11.1 Å². The van der Waals surface area contributed by atoms with Crippen molar-refractivity contribution < 1.29 is 14.3 Å². The van der Waals surface area contributed by atoms with Crippen LogP contribution in [0.1, 0.15) is 21.5 Å². The fourth-order valence-corrected chi connectivity index (χ4v) is 2.22. The summed E-state index contributed by atoms with van der Waals surface area (Å²) >= 11 is 0. The number of aromatic carboxylic acids is 1. The van der Waals surface area contributed by atoms with Gasteiger partial charge in [0.15, 0.2) is 0 Å². The van der Waals surface area contributed by atoms with E-state index < -0.39 is 5.97 Å². The Kier molecular flexibility index (Phi) is 3.88. The van der Waals surface area contributed by atoms with Crippen LogP contribution in [0.5, 0.6) is 0 Å². The molecule has 0 fully saturated rings. The van der Waals surface area contributed by atoms with Gasteiger partial charge in [0.2, 0.25) is 0 Å². The van der Waals surface area contributed by atoms with E-state index in [1.54, 1.807) is 30.5 Å². The van der Waals surface area contributed by atoms with Crippen LogP contribution in [-0.2, 0) is 0 Å². The Balaban J connectivity index is 1.88. The Bertz CT molecular complexity index is 797. The van der Waals surface area contributed by atoms with Gasteiger partial charge in [-0.15, -0.1) is 0 Å². The molecule has 0 saturated heterocycles. The lowest BCUT2D eigenvalue weighted by molar-refractivity contribution is 0.0697. The first kappa shape index (κ1) is 13.9. The van der Waals surface area contributed by atoms with Crippen LogP contribution in [0.25, 0.3) is 23.5 Å². The second kappa shape index (κ2) is 6.14. The van der Waals surface area contributed by atoms with E-state index in [4.69, 9.17) is 9.52 Å². The number of carboxylic acids is 1. The van der Waals surface area contributed by atoms with E-state index >= 15 is 0 Å². The fraction of sp³-hybridized carbons (Fsp3) is 0. The average molecular weight is 290 g/mol. The zero-order chi connectivity index (χ0) is 15.4. The lowest BCUT2D eigenvalue weighted by Gasteiger charge is -2.02. The molecule has 0 radical (unpaired) electrons. The molecule has 0 unspecified atom stereocenters. The predicted octanol–water partition coefficient (Wildman–Crippen LogP) is 4.82. The molecule has 3 nitrogen and oxygen atoms in total. The molecule has 108 valence electrons. The van der Waals surface area contributed by atoms with Crippen LogP contribution in [0.2, 0.25) is 0 Å². The minimum atomic E-state index is -0.918. The van der Waals surface area contributed by atoms with Crippen molar-refractivity contribution in [1.82, 2.24) is 0 Å². The Morgan fingerprint density at radius 1 is 0.909 bits per heavy atom. The first-order chi connectivity index (χ1) is 10.7. The molecule has 1 heterocycles. The SMILES string of the molecule is O=C(O)c1ccc(/C=C/c2ccccc2-c2ccco2)cc1. The van der Waals surface area contributed by atoms with Crippen molar-refractivity contribution in [1.29, 1.82) is 0 Å². The van der Waals surface area contributed by atoms with E-state index in [9.17, 15) is 4.79 Å². The molecule has 22 heavy (non-hydrogen) atoms. The zero-order valence-electron chi connectivity index (χ0n) is 11.8. The molecule has 1 N–H and O–H groups in total. The van der Waals surface area contributed by atoms with E-state index in [0.717, 1.165) is 22.5 Å². The van der Waals surface area contributed by atoms with Gasteiger partial charge in [-0.2, -0.15) is 0 Å². The minimum absolute atomic E-state index is 0.285. The van der Waals surface area contributed by atoms with Gasteiger partial charge in [-0.3, -0.25) is 0 Å². The van der Waals surface area contributed by atoms with Crippen LogP contribution in [0.3, 0.4) is 0 Å².